The SMILES string of the molecule is C=CC(=O)N1CC(CC(=O)Cn2c(C)c(-c3cnccc3C(C)C)c3cc(Cl)cc(C)c32)C1.C=CC(=O)N1CC(CC(=O)Cn2c(C3CC3)c(-c3cnccc3C(C)C)c3cc(Cl)cc(C)c32)C1.C=CC(=O)N1CC(CC(=O)Cn2cc(C3CC3)c3cc(Br)ccc32)C1.C=CC(=O)N1CC(NC(=O)Cn2c3c(c4cc(Br)ccc42)CC(c2ccccc2)CC3)C1. The number of hydrogen-bond donors (Lipinski definition) is 1. The normalized spacial score (nSPS) is 16.4. The lowest BCUT2D eigenvalue weighted by molar-refractivity contribution is -0.134. The van der Waals surface area contributed by atoms with Gasteiger partial charge in [0, 0.05) is 211 Å². The fourth-order valence-electron chi connectivity index (χ4n) is 19.4. The maximum Gasteiger partial charge on any atom is 0.246 e. The van der Waals surface area contributed by atoms with E-state index in [1.54, 1.807) is 19.6 Å². The van der Waals surface area contributed by atoms with Gasteiger partial charge in [-0.2, -0.15) is 0 Å². The van der Waals surface area contributed by atoms with Crippen LogP contribution in [-0.2, 0) is 77.4 Å². The Morgan fingerprint density at radius 3 is 1.46 bits per heavy atom. The van der Waals surface area contributed by atoms with Crippen molar-refractivity contribution in [1.29, 1.82) is 0 Å². The Labute approximate surface area is 758 Å². The average molecular weight is 1850 g/mol. The van der Waals surface area contributed by atoms with Crippen LogP contribution in [0.25, 0.3) is 65.9 Å². The molecule has 1 atom stereocenters. The van der Waals surface area contributed by atoms with E-state index in [1.807, 2.05) is 68.1 Å². The van der Waals surface area contributed by atoms with Gasteiger partial charge in [-0.15, -0.1) is 0 Å². The molecule has 10 heterocycles. The Morgan fingerprint density at radius 1 is 0.496 bits per heavy atom. The molecule has 1 unspecified atom stereocenters. The maximum absolute atomic E-state index is 13.3. The smallest absolute Gasteiger partial charge is 0.246 e. The average Bonchev–Trinajstić information content (AvgIpc) is 1.59. The number of nitrogens with zero attached hydrogens (tertiary/aromatic N) is 10. The van der Waals surface area contributed by atoms with Crippen LogP contribution >= 0.6 is 55.1 Å². The molecule has 7 aliphatic rings. The van der Waals surface area contributed by atoms with Crippen LogP contribution in [-0.4, -0.2) is 153 Å². The number of hydrogen-bond acceptors (Lipinski definition) is 10. The monoisotopic (exact) mass is 1840 g/mol. The highest BCUT2D eigenvalue weighted by Crippen LogP contribution is 2.52. The molecule has 0 spiro atoms. The topological polar surface area (TPSA) is 207 Å². The highest BCUT2D eigenvalue weighted by molar-refractivity contribution is 9.10. The van der Waals surface area contributed by atoms with Gasteiger partial charge in [0.15, 0.2) is 17.3 Å². The largest absolute Gasteiger partial charge is 0.348 e. The number of likely N-dealkylation sites (tertiary alicyclic amines) is 4. The van der Waals surface area contributed by atoms with Crippen LogP contribution in [0, 0.1) is 38.5 Å². The molecule has 4 aliphatic heterocycles. The molecule has 5 amide bonds. The number of nitrogens with one attached hydrogen (secondary N) is 1. The summed E-state index contributed by atoms with van der Waals surface area (Å²) in [5.74, 6) is 3.34. The van der Waals surface area contributed by atoms with Gasteiger partial charge in [-0.25, -0.2) is 0 Å². The zero-order valence-electron chi connectivity index (χ0n) is 72.3. The summed E-state index contributed by atoms with van der Waals surface area (Å²) in [7, 11) is 0. The van der Waals surface area contributed by atoms with Crippen LogP contribution in [0.4, 0.5) is 0 Å². The van der Waals surface area contributed by atoms with Gasteiger partial charge in [-0.05, 0) is 231 Å². The molecule has 1 N–H and O–H groups in total. The minimum absolute atomic E-state index is 0.00602. The number of rotatable bonds is 26. The Bertz CT molecular complexity index is 6100. The summed E-state index contributed by atoms with van der Waals surface area (Å²) in [6, 6.07) is 35.5. The maximum atomic E-state index is 13.3. The molecule has 125 heavy (non-hydrogen) atoms. The summed E-state index contributed by atoms with van der Waals surface area (Å²) < 4.78 is 10.8. The molecule has 4 saturated heterocycles. The number of benzene rings is 5. The number of carbonyl (C=O) groups is 8. The standard InChI is InChI=1S/C29H32ClN3O2.C27H30ClN3O2.C26H26BrN3O2.C20H21BrN2O2/c1-5-26(35)32-14-19(15-32)11-22(34)16-33-28-18(4)10-21(30)12-24(28)27(29(33)20-6-7-20)25-13-31-9-8-23(25)17(2)3;1-6-25(33)30-13-19(14-30)10-21(32)15-31-18(5)26(23-11-20(28)9-17(4)27(23)31)24-12-29-8-7-22(24)16(2)3;1-2-26(32)29-14-20(15-29)28-25(31)16-30-23-10-8-18(17-6-4-3-5-7-17)12-21(23)22-13-19(27)9-11-24(22)30;1-2-20(25)23-9-13(10-23)7-16(24)11-22-12-18(14-3-4-14)17-8-15(21)5-6-19(17)22/h5,8-10,12-13,17,19-20H,1,6-7,11,14-16H2,2-4H3;6-9,11-12,16,19H,1,10,13-15H2,2-5H3;2-7,9,11,13,18,20H,1,8,10,12,14-16H2,(H,28,31);2,5-6,8,12-14H,1,3-4,7,9-11H2. The molecular formula is C102H109Br2Cl2N11O8. The summed E-state index contributed by atoms with van der Waals surface area (Å²) in [6.45, 7) is 35.3. The minimum Gasteiger partial charge on any atom is -0.348 e. The van der Waals surface area contributed by atoms with Crippen molar-refractivity contribution in [2.75, 3.05) is 52.4 Å². The second kappa shape index (κ2) is 38.3. The number of aromatic nitrogens is 6. The summed E-state index contributed by atoms with van der Waals surface area (Å²) in [4.78, 5) is 114. The molecule has 0 bridgehead atoms. The van der Waals surface area contributed by atoms with E-state index in [9.17, 15) is 38.4 Å². The highest BCUT2D eigenvalue weighted by atomic mass is 79.9. The van der Waals surface area contributed by atoms with E-state index in [0.717, 1.165) is 107 Å². The molecule has 0 radical (unpaired) electrons. The van der Waals surface area contributed by atoms with Crippen LogP contribution < -0.4 is 5.32 Å². The molecule has 6 aromatic heterocycles. The first kappa shape index (κ1) is 89.3. The molecular weight excluding hydrogens is 1740 g/mol. The number of fused-ring (bicyclic) bond motifs is 6. The van der Waals surface area contributed by atoms with Crippen molar-refractivity contribution in [1.82, 2.24) is 53.2 Å². The molecule has 2 saturated carbocycles. The molecule has 23 heteroatoms. The first-order valence-corrected chi connectivity index (χ1v) is 46.0. The number of ketones is 3. The Hall–Kier alpha value is -10.6. The number of amides is 5. The first-order valence-electron chi connectivity index (χ1n) is 43.7. The van der Waals surface area contributed by atoms with Gasteiger partial charge >= 0.3 is 0 Å². The molecule has 648 valence electrons. The Kier molecular flexibility index (Phi) is 27.4. The van der Waals surface area contributed by atoms with Crippen LogP contribution in [0.1, 0.15) is 165 Å². The quantitative estimate of drug-likeness (QED) is 0.0507. The third kappa shape index (κ3) is 19.5. The molecule has 18 rings (SSSR count). The van der Waals surface area contributed by atoms with E-state index in [2.05, 4.69) is 206 Å². The van der Waals surface area contributed by atoms with Gasteiger partial charge in [-0.1, -0.05) is 139 Å². The lowest BCUT2D eigenvalue weighted by atomic mass is 9.82. The summed E-state index contributed by atoms with van der Waals surface area (Å²) >= 11 is 20.2. The third-order valence-electron chi connectivity index (χ3n) is 25.9. The van der Waals surface area contributed by atoms with Crippen molar-refractivity contribution in [3.63, 3.8) is 0 Å². The van der Waals surface area contributed by atoms with Crippen molar-refractivity contribution >= 4 is 146 Å². The molecule has 11 aromatic rings. The molecule has 5 aromatic carbocycles. The second-order valence-electron chi connectivity index (χ2n) is 35.7. The summed E-state index contributed by atoms with van der Waals surface area (Å²) in [5, 5.41) is 9.11. The van der Waals surface area contributed by atoms with Crippen molar-refractivity contribution < 1.29 is 38.4 Å². The van der Waals surface area contributed by atoms with E-state index in [0.29, 0.717) is 137 Å². The summed E-state index contributed by atoms with van der Waals surface area (Å²) in [6.07, 6.45) is 24.3. The minimum atomic E-state index is -0.0838. The lowest BCUT2D eigenvalue weighted by Crippen LogP contribution is -2.61. The number of halogens is 4. The Morgan fingerprint density at radius 2 is 0.960 bits per heavy atom. The van der Waals surface area contributed by atoms with Gasteiger partial charge in [0.05, 0.1) is 36.7 Å². The predicted octanol–water partition coefficient (Wildman–Crippen LogP) is 20.0. The first-order chi connectivity index (χ1) is 60.1. The van der Waals surface area contributed by atoms with Crippen molar-refractivity contribution in [2.24, 2.45) is 17.8 Å². The second-order valence-corrected chi connectivity index (χ2v) is 38.4. The number of pyridine rings is 2. The molecule has 19 nitrogen and oxygen atoms in total. The summed E-state index contributed by atoms with van der Waals surface area (Å²) in [5.41, 5.74) is 21.1. The van der Waals surface area contributed by atoms with E-state index < -0.39 is 0 Å². The predicted molar refractivity (Wildman–Crippen MR) is 506 cm³/mol. The number of aryl methyl sites for hydroxylation is 2. The zero-order chi connectivity index (χ0) is 88.5. The van der Waals surface area contributed by atoms with Crippen LogP contribution in [0.15, 0.2) is 194 Å². The van der Waals surface area contributed by atoms with Crippen LogP contribution in [0.3, 0.4) is 0 Å². The van der Waals surface area contributed by atoms with Gasteiger partial charge in [0.1, 0.15) is 6.54 Å². The third-order valence-corrected chi connectivity index (χ3v) is 27.3. The van der Waals surface area contributed by atoms with E-state index >= 15 is 0 Å². The lowest BCUT2D eigenvalue weighted by Gasteiger charge is -2.39. The van der Waals surface area contributed by atoms with Crippen molar-refractivity contribution in [3.8, 4) is 22.3 Å². The van der Waals surface area contributed by atoms with Gasteiger partial charge in [0.25, 0.3) is 0 Å². The number of carbonyl (C=O) groups excluding carboxylic acids is 8. The molecule has 3 aliphatic carbocycles. The van der Waals surface area contributed by atoms with Gasteiger partial charge in [0.2, 0.25) is 29.5 Å². The fraction of sp³-hybridized carbons (Fsp3) is 0.373. The molecule has 6 fully saturated rings. The van der Waals surface area contributed by atoms with E-state index in [1.165, 1.54) is 92.7 Å². The fourth-order valence-corrected chi connectivity index (χ4v) is 20.7. The van der Waals surface area contributed by atoms with Gasteiger partial charge < -0.3 is 43.2 Å². The number of Topliss-reactive ketones (excluding diaryl/α,β-unsaturated/α-hetero) is 3. The van der Waals surface area contributed by atoms with Crippen LogP contribution in [0.2, 0.25) is 10.0 Å². The highest BCUT2D eigenvalue weighted by Gasteiger charge is 2.39. The van der Waals surface area contributed by atoms with Crippen LogP contribution in [0.5, 0.6) is 0 Å². The Balaban J connectivity index is 0.000000130. The van der Waals surface area contributed by atoms with Crippen molar-refractivity contribution in [2.45, 2.75) is 174 Å². The van der Waals surface area contributed by atoms with E-state index in [4.69, 9.17) is 23.2 Å². The van der Waals surface area contributed by atoms with Crippen molar-refractivity contribution in [3.05, 3.63) is 260 Å². The zero-order valence-corrected chi connectivity index (χ0v) is 77.0. The van der Waals surface area contributed by atoms with Gasteiger partial charge in [-0.3, -0.25) is 48.3 Å². The van der Waals surface area contributed by atoms with E-state index in [-0.39, 0.29) is 70.7 Å².